The summed E-state index contributed by atoms with van der Waals surface area (Å²) < 4.78 is 0. The van der Waals surface area contributed by atoms with E-state index in [2.05, 4.69) is 0 Å². The topological polar surface area (TPSA) is 74.8 Å². The van der Waals surface area contributed by atoms with Crippen LogP contribution in [-0.2, 0) is 0 Å². The zero-order valence-electron chi connectivity index (χ0n) is 12.4. The van der Waals surface area contributed by atoms with Gasteiger partial charge in [0.2, 0.25) is 0 Å². The van der Waals surface area contributed by atoms with E-state index in [9.17, 15) is 19.2 Å². The number of rotatable bonds is 4. The van der Waals surface area contributed by atoms with E-state index in [0.29, 0.717) is 0 Å². The summed E-state index contributed by atoms with van der Waals surface area (Å²) >= 11 is 0. The summed E-state index contributed by atoms with van der Waals surface area (Å²) in [6.45, 7) is 2.80. The lowest BCUT2D eigenvalue weighted by Crippen LogP contribution is -2.37. The first-order valence-corrected chi connectivity index (χ1v) is 6.45. The predicted molar refractivity (Wildman–Crippen MR) is 89.0 cm³/mol. The van der Waals surface area contributed by atoms with Crippen LogP contribution in [0.5, 0.6) is 0 Å². The summed E-state index contributed by atoms with van der Waals surface area (Å²) in [4.78, 5) is 50.6. The van der Waals surface area contributed by atoms with E-state index in [1.807, 2.05) is 0 Å². The van der Waals surface area contributed by atoms with E-state index >= 15 is 0 Å². The molecule has 0 saturated heterocycles. The van der Waals surface area contributed by atoms with Gasteiger partial charge in [-0.25, -0.2) is 0 Å². The van der Waals surface area contributed by atoms with Gasteiger partial charge in [0.15, 0.2) is 11.6 Å². The molecule has 0 N–H and O–H groups in total. The third kappa shape index (κ3) is 3.53. The van der Waals surface area contributed by atoms with Gasteiger partial charge in [-0.3, -0.25) is 29.0 Å². The molecular formula is C17H24N2O4. The predicted octanol–water partition coefficient (Wildman–Crippen LogP) is 2.48. The largest absolute Gasteiger partial charge is 0.294 e. The highest BCUT2D eigenvalue weighted by molar-refractivity contribution is 6.23. The highest BCUT2D eigenvalue weighted by Gasteiger charge is 2.37. The van der Waals surface area contributed by atoms with Gasteiger partial charge in [-0.05, 0) is 40.1 Å². The second-order valence-corrected chi connectivity index (χ2v) is 5.32. The van der Waals surface area contributed by atoms with Crippen LogP contribution in [-0.4, -0.2) is 53.9 Å². The van der Waals surface area contributed by atoms with E-state index in [0.717, 1.165) is 4.90 Å². The van der Waals surface area contributed by atoms with Crippen LogP contribution >= 0.6 is 0 Å². The molecule has 6 nitrogen and oxygen atoms in total. The van der Waals surface area contributed by atoms with Crippen LogP contribution in [0.4, 0.5) is 0 Å². The third-order valence-corrected chi connectivity index (χ3v) is 3.29. The molecule has 1 aromatic carbocycles. The molecule has 1 heterocycles. The highest BCUT2D eigenvalue weighted by Crippen LogP contribution is 2.27. The Bertz CT molecular complexity index is 624. The molecule has 0 saturated carbocycles. The summed E-state index contributed by atoms with van der Waals surface area (Å²) in [6, 6.07) is 2.70. The fourth-order valence-electron chi connectivity index (χ4n) is 2.33. The van der Waals surface area contributed by atoms with Crippen LogP contribution in [0.1, 0.15) is 70.1 Å². The van der Waals surface area contributed by atoms with Crippen molar-refractivity contribution in [3.63, 3.8) is 0 Å². The number of hydrogen-bond acceptors (Lipinski definition) is 5. The molecule has 1 aromatic rings. The monoisotopic (exact) mass is 320 g/mol. The van der Waals surface area contributed by atoms with Gasteiger partial charge in [-0.1, -0.05) is 14.9 Å². The van der Waals surface area contributed by atoms with E-state index < -0.39 is 11.8 Å². The number of hydrogen-bond donors (Lipinski definition) is 0. The van der Waals surface area contributed by atoms with Crippen molar-refractivity contribution in [3.8, 4) is 0 Å². The average Bonchev–Trinajstić information content (AvgIpc) is 2.61. The molecule has 126 valence electrons. The van der Waals surface area contributed by atoms with Gasteiger partial charge in [-0.2, -0.15) is 0 Å². The fraction of sp³-hybridized carbons (Fsp3) is 0.412. The van der Waals surface area contributed by atoms with Crippen LogP contribution in [0.15, 0.2) is 12.1 Å². The standard InChI is InChI=1S/C15H16N2O4.2CH4/c1-8(18)10-5-12-13(6-11(10)9(2)19)15(21)17(14(12)20)7-16(3)4;;/h5-6H,7H2,1-4H3;2*1H4. The van der Waals surface area contributed by atoms with Crippen molar-refractivity contribution in [3.05, 3.63) is 34.4 Å². The lowest BCUT2D eigenvalue weighted by atomic mass is 9.95. The number of nitrogens with zero attached hydrogens (tertiary/aromatic N) is 2. The van der Waals surface area contributed by atoms with Crippen molar-refractivity contribution in [2.75, 3.05) is 20.8 Å². The minimum absolute atomic E-state index is 0. The molecule has 6 heteroatoms. The smallest absolute Gasteiger partial charge is 0.262 e. The van der Waals surface area contributed by atoms with Crippen molar-refractivity contribution in [2.24, 2.45) is 0 Å². The molecule has 1 aliphatic rings. The Morgan fingerprint density at radius 1 is 0.913 bits per heavy atom. The highest BCUT2D eigenvalue weighted by atomic mass is 16.2. The van der Waals surface area contributed by atoms with Crippen molar-refractivity contribution >= 4 is 23.4 Å². The SMILES string of the molecule is C.C.CC(=O)c1cc2c(cc1C(C)=O)C(=O)N(CN(C)C)C2=O. The minimum Gasteiger partial charge on any atom is -0.294 e. The molecular weight excluding hydrogens is 296 g/mol. The lowest BCUT2D eigenvalue weighted by molar-refractivity contribution is 0.0583. The molecule has 2 amide bonds. The molecule has 23 heavy (non-hydrogen) atoms. The van der Waals surface area contributed by atoms with Crippen molar-refractivity contribution in [2.45, 2.75) is 28.7 Å². The summed E-state index contributed by atoms with van der Waals surface area (Å²) in [5.74, 6) is -1.51. The van der Waals surface area contributed by atoms with E-state index in [1.165, 1.54) is 26.0 Å². The molecule has 0 aromatic heterocycles. The Balaban J connectivity index is 0.00000242. The molecule has 0 bridgehead atoms. The Hall–Kier alpha value is -2.34. The Morgan fingerprint density at radius 3 is 1.52 bits per heavy atom. The molecule has 0 atom stereocenters. The van der Waals surface area contributed by atoms with Crippen LogP contribution in [0.3, 0.4) is 0 Å². The number of benzene rings is 1. The second-order valence-electron chi connectivity index (χ2n) is 5.32. The maximum atomic E-state index is 12.3. The summed E-state index contributed by atoms with van der Waals surface area (Å²) in [6.07, 6.45) is 0. The van der Waals surface area contributed by atoms with Gasteiger partial charge >= 0.3 is 0 Å². The number of amides is 2. The zero-order chi connectivity index (χ0) is 15.9. The quantitative estimate of drug-likeness (QED) is 0.629. The Morgan fingerprint density at radius 2 is 1.26 bits per heavy atom. The van der Waals surface area contributed by atoms with E-state index in [4.69, 9.17) is 0 Å². The van der Waals surface area contributed by atoms with Gasteiger partial charge in [-0.15, -0.1) is 0 Å². The van der Waals surface area contributed by atoms with Gasteiger partial charge in [0.1, 0.15) is 0 Å². The molecule has 0 fully saturated rings. The number of imide groups is 1. The first-order valence-electron chi connectivity index (χ1n) is 6.45. The van der Waals surface area contributed by atoms with Crippen LogP contribution in [0.2, 0.25) is 0 Å². The molecule has 0 spiro atoms. The number of carbonyl (C=O) groups excluding carboxylic acids is 4. The van der Waals surface area contributed by atoms with Crippen molar-refractivity contribution in [1.29, 1.82) is 0 Å². The van der Waals surface area contributed by atoms with Gasteiger partial charge in [0, 0.05) is 11.1 Å². The second kappa shape index (κ2) is 7.28. The molecule has 0 unspecified atom stereocenters. The van der Waals surface area contributed by atoms with Gasteiger partial charge < -0.3 is 0 Å². The summed E-state index contributed by atoms with van der Waals surface area (Å²) in [5, 5.41) is 0. The fourth-order valence-corrected chi connectivity index (χ4v) is 2.33. The molecule has 2 rings (SSSR count). The first-order chi connectivity index (χ1) is 9.73. The van der Waals surface area contributed by atoms with Crippen LogP contribution in [0.25, 0.3) is 0 Å². The van der Waals surface area contributed by atoms with E-state index in [-0.39, 0.29) is 55.3 Å². The lowest BCUT2D eigenvalue weighted by Gasteiger charge is -2.18. The van der Waals surface area contributed by atoms with Gasteiger partial charge in [0.05, 0.1) is 17.8 Å². The maximum absolute atomic E-state index is 12.3. The van der Waals surface area contributed by atoms with Gasteiger partial charge in [0.25, 0.3) is 11.8 Å². The van der Waals surface area contributed by atoms with Crippen molar-refractivity contribution in [1.82, 2.24) is 9.80 Å². The summed E-state index contributed by atoms with van der Waals surface area (Å²) in [7, 11) is 3.48. The maximum Gasteiger partial charge on any atom is 0.262 e. The summed E-state index contributed by atoms with van der Waals surface area (Å²) in [5.41, 5.74) is 0.706. The number of fused-ring (bicyclic) bond motifs is 1. The number of carbonyl (C=O) groups is 4. The number of Topliss-reactive ketones (excluding diaryl/α,β-unsaturated/α-hetero) is 2. The first kappa shape index (κ1) is 20.7. The zero-order valence-corrected chi connectivity index (χ0v) is 12.4. The van der Waals surface area contributed by atoms with Crippen LogP contribution < -0.4 is 0 Å². The average molecular weight is 320 g/mol. The molecule has 0 radical (unpaired) electrons. The normalized spacial score (nSPS) is 12.7. The minimum atomic E-state index is -0.443. The van der Waals surface area contributed by atoms with Crippen LogP contribution in [0, 0.1) is 0 Å². The van der Waals surface area contributed by atoms with Crippen molar-refractivity contribution < 1.29 is 19.2 Å². The third-order valence-electron chi connectivity index (χ3n) is 3.29. The Labute approximate surface area is 137 Å². The number of ketones is 2. The molecule has 0 aliphatic carbocycles. The van der Waals surface area contributed by atoms with E-state index in [1.54, 1.807) is 19.0 Å². The molecule has 1 aliphatic heterocycles. The Kier molecular flexibility index (Phi) is 6.54.